The van der Waals surface area contributed by atoms with Gasteiger partial charge in [0.05, 0.1) is 16.7 Å². The molecule has 0 bridgehead atoms. The second-order valence-electron chi connectivity index (χ2n) is 5.28. The molecule has 118 valence electrons. The lowest BCUT2D eigenvalue weighted by Gasteiger charge is -2.24. The van der Waals surface area contributed by atoms with E-state index < -0.39 is 27.6 Å². The highest BCUT2D eigenvalue weighted by Crippen LogP contribution is 2.27. The highest BCUT2D eigenvalue weighted by Gasteiger charge is 2.33. The monoisotopic (exact) mass is 323 g/mol. The number of carbonyl (C=O) groups is 2. The van der Waals surface area contributed by atoms with Gasteiger partial charge in [-0.3, -0.25) is 9.59 Å². The number of amides is 1. The minimum absolute atomic E-state index is 0.162. The summed E-state index contributed by atoms with van der Waals surface area (Å²) in [5, 5.41) is 11.8. The Kier molecular flexibility index (Phi) is 4.65. The zero-order valence-corrected chi connectivity index (χ0v) is 12.8. The van der Waals surface area contributed by atoms with Gasteiger partial charge in [-0.2, -0.15) is 0 Å². The number of benzene rings is 1. The normalized spacial score (nSPS) is 21.3. The number of aliphatic carboxylic acids is 1. The number of anilines is 1. The highest BCUT2D eigenvalue weighted by molar-refractivity contribution is 7.90. The Balaban J connectivity index is 2.11. The van der Waals surface area contributed by atoms with Crippen LogP contribution in [-0.2, 0) is 19.4 Å². The quantitative estimate of drug-likeness (QED) is 0.821. The van der Waals surface area contributed by atoms with Gasteiger partial charge in [0, 0.05) is 11.9 Å². The highest BCUT2D eigenvalue weighted by atomic mass is 32.2. The molecule has 2 rings (SSSR count). The second kappa shape index (κ2) is 6.31. The van der Waals surface area contributed by atoms with E-state index in [0.717, 1.165) is 6.26 Å². The van der Waals surface area contributed by atoms with E-state index in [0.29, 0.717) is 18.5 Å². The molecule has 1 aromatic rings. The van der Waals surface area contributed by atoms with E-state index in [9.17, 15) is 18.0 Å². The molecular weight excluding hydrogens is 306 g/mol. The molecule has 0 aromatic heterocycles. The standard InChI is InChI=1S/C15H17NO5S/c1-22(20,21)11-8-6-10(7-9-11)16-14(17)12-4-2-3-5-13(12)15(18)19/h2-3,6-9,12-13H,4-5H2,1H3,(H,16,17)(H,18,19). The first-order chi connectivity index (χ1) is 10.3. The summed E-state index contributed by atoms with van der Waals surface area (Å²) in [5.74, 6) is -2.72. The van der Waals surface area contributed by atoms with E-state index in [1.807, 2.05) is 0 Å². The number of sulfone groups is 1. The van der Waals surface area contributed by atoms with Crippen LogP contribution < -0.4 is 5.32 Å². The van der Waals surface area contributed by atoms with Crippen molar-refractivity contribution in [2.45, 2.75) is 17.7 Å². The van der Waals surface area contributed by atoms with Gasteiger partial charge in [0.25, 0.3) is 0 Å². The predicted molar refractivity (Wildman–Crippen MR) is 81.2 cm³/mol. The lowest BCUT2D eigenvalue weighted by molar-refractivity contribution is -0.146. The summed E-state index contributed by atoms with van der Waals surface area (Å²) in [5.41, 5.74) is 0.441. The third-order valence-corrected chi connectivity index (χ3v) is 4.76. The SMILES string of the molecule is CS(=O)(=O)c1ccc(NC(=O)C2CC=CCC2C(=O)O)cc1. The Morgan fingerprint density at radius 3 is 2.14 bits per heavy atom. The Hall–Kier alpha value is -2.15. The molecule has 2 unspecified atom stereocenters. The molecule has 6 nitrogen and oxygen atoms in total. The number of nitrogens with one attached hydrogen (secondary N) is 1. The molecule has 2 atom stereocenters. The van der Waals surface area contributed by atoms with Crippen LogP contribution >= 0.6 is 0 Å². The molecule has 0 heterocycles. The average Bonchev–Trinajstić information content (AvgIpc) is 2.46. The van der Waals surface area contributed by atoms with Crippen molar-refractivity contribution in [1.82, 2.24) is 0 Å². The number of hydrogen-bond donors (Lipinski definition) is 2. The van der Waals surface area contributed by atoms with Crippen LogP contribution in [-0.4, -0.2) is 31.7 Å². The Bertz CT molecular complexity index is 706. The third-order valence-electron chi connectivity index (χ3n) is 3.64. The van der Waals surface area contributed by atoms with Crippen molar-refractivity contribution in [2.75, 3.05) is 11.6 Å². The molecule has 2 N–H and O–H groups in total. The summed E-state index contributed by atoms with van der Waals surface area (Å²) in [6.45, 7) is 0. The largest absolute Gasteiger partial charge is 0.481 e. The first-order valence-electron chi connectivity index (χ1n) is 6.78. The van der Waals surface area contributed by atoms with E-state index in [1.165, 1.54) is 24.3 Å². The summed E-state index contributed by atoms with van der Waals surface area (Å²) in [6.07, 6.45) is 5.39. The topological polar surface area (TPSA) is 101 Å². The summed E-state index contributed by atoms with van der Waals surface area (Å²) in [6, 6.07) is 5.78. The van der Waals surface area contributed by atoms with Crippen LogP contribution in [0.5, 0.6) is 0 Å². The van der Waals surface area contributed by atoms with E-state index in [1.54, 1.807) is 12.2 Å². The zero-order chi connectivity index (χ0) is 16.3. The van der Waals surface area contributed by atoms with Gasteiger partial charge >= 0.3 is 5.97 Å². The van der Waals surface area contributed by atoms with E-state index in [4.69, 9.17) is 5.11 Å². The van der Waals surface area contributed by atoms with Crippen molar-refractivity contribution >= 4 is 27.4 Å². The lowest BCUT2D eigenvalue weighted by Crippen LogP contribution is -2.34. The van der Waals surface area contributed by atoms with Crippen LogP contribution in [0.15, 0.2) is 41.3 Å². The fraction of sp³-hybridized carbons (Fsp3) is 0.333. The first-order valence-corrected chi connectivity index (χ1v) is 8.67. The number of carboxylic acids is 1. The zero-order valence-electron chi connectivity index (χ0n) is 12.0. The Morgan fingerprint density at radius 2 is 1.64 bits per heavy atom. The number of allylic oxidation sites excluding steroid dienone is 2. The molecule has 0 saturated heterocycles. The molecule has 7 heteroatoms. The van der Waals surface area contributed by atoms with Gasteiger partial charge in [0.15, 0.2) is 9.84 Å². The number of rotatable bonds is 4. The van der Waals surface area contributed by atoms with Gasteiger partial charge in [-0.1, -0.05) is 12.2 Å². The van der Waals surface area contributed by atoms with Gasteiger partial charge in [0.2, 0.25) is 5.91 Å². The Morgan fingerprint density at radius 1 is 1.09 bits per heavy atom. The van der Waals surface area contributed by atoms with Crippen LogP contribution in [0.2, 0.25) is 0 Å². The van der Waals surface area contributed by atoms with Gasteiger partial charge in [-0.25, -0.2) is 8.42 Å². The summed E-state index contributed by atoms with van der Waals surface area (Å²) in [4.78, 5) is 23.6. The predicted octanol–water partition coefficient (Wildman–Crippen LogP) is 1.70. The third kappa shape index (κ3) is 3.73. The van der Waals surface area contributed by atoms with Crippen molar-refractivity contribution in [3.05, 3.63) is 36.4 Å². The van der Waals surface area contributed by atoms with Crippen LogP contribution in [0.1, 0.15) is 12.8 Å². The minimum atomic E-state index is -3.29. The summed E-state index contributed by atoms with van der Waals surface area (Å²) in [7, 11) is -3.29. The van der Waals surface area contributed by atoms with Crippen molar-refractivity contribution in [3.8, 4) is 0 Å². The lowest BCUT2D eigenvalue weighted by atomic mass is 9.82. The number of carboxylic acid groups (broad SMARTS) is 1. The fourth-order valence-electron chi connectivity index (χ4n) is 2.40. The van der Waals surface area contributed by atoms with Gasteiger partial charge in [0.1, 0.15) is 0 Å². The second-order valence-corrected chi connectivity index (χ2v) is 7.30. The smallest absolute Gasteiger partial charge is 0.307 e. The van der Waals surface area contributed by atoms with Gasteiger partial charge in [-0.05, 0) is 37.1 Å². The van der Waals surface area contributed by atoms with Crippen molar-refractivity contribution < 1.29 is 23.1 Å². The molecule has 1 aliphatic rings. The van der Waals surface area contributed by atoms with E-state index in [-0.39, 0.29) is 10.8 Å². The molecule has 0 fully saturated rings. The molecule has 22 heavy (non-hydrogen) atoms. The molecule has 0 spiro atoms. The molecule has 1 aromatic carbocycles. The maximum absolute atomic E-state index is 12.2. The maximum atomic E-state index is 12.2. The summed E-state index contributed by atoms with van der Waals surface area (Å²) >= 11 is 0. The molecule has 0 saturated carbocycles. The average molecular weight is 323 g/mol. The van der Waals surface area contributed by atoms with E-state index in [2.05, 4.69) is 5.32 Å². The van der Waals surface area contributed by atoms with Crippen molar-refractivity contribution in [3.63, 3.8) is 0 Å². The number of carbonyl (C=O) groups excluding carboxylic acids is 1. The Labute approximate surface area is 128 Å². The van der Waals surface area contributed by atoms with Crippen molar-refractivity contribution in [2.24, 2.45) is 11.8 Å². The maximum Gasteiger partial charge on any atom is 0.307 e. The van der Waals surface area contributed by atoms with Crippen LogP contribution in [0.25, 0.3) is 0 Å². The van der Waals surface area contributed by atoms with Gasteiger partial charge in [-0.15, -0.1) is 0 Å². The van der Waals surface area contributed by atoms with E-state index >= 15 is 0 Å². The molecule has 1 amide bonds. The molecular formula is C15H17NO5S. The van der Waals surface area contributed by atoms with Crippen LogP contribution in [0, 0.1) is 11.8 Å². The summed E-state index contributed by atoms with van der Waals surface area (Å²) < 4.78 is 22.7. The first kappa shape index (κ1) is 16.2. The van der Waals surface area contributed by atoms with Gasteiger partial charge < -0.3 is 10.4 Å². The minimum Gasteiger partial charge on any atom is -0.481 e. The molecule has 1 aliphatic carbocycles. The van der Waals surface area contributed by atoms with Crippen LogP contribution in [0.4, 0.5) is 5.69 Å². The fourth-order valence-corrected chi connectivity index (χ4v) is 3.03. The number of hydrogen-bond acceptors (Lipinski definition) is 4. The van der Waals surface area contributed by atoms with Crippen molar-refractivity contribution in [1.29, 1.82) is 0 Å². The molecule has 0 radical (unpaired) electrons. The van der Waals surface area contributed by atoms with Crippen LogP contribution in [0.3, 0.4) is 0 Å². The molecule has 0 aliphatic heterocycles.